The van der Waals surface area contributed by atoms with Gasteiger partial charge < -0.3 is 42.6 Å². The molecule has 1 aromatic rings. The highest BCUT2D eigenvalue weighted by Crippen LogP contribution is 2.17. The Balaban J connectivity index is 1.73. The first-order valence-electron chi connectivity index (χ1n) is 15.2. The first kappa shape index (κ1) is 38.6. The first-order valence-corrected chi connectivity index (χ1v) is 15.2. The molecule has 0 aromatic heterocycles. The largest absolute Gasteiger partial charge is 0.491 e. The van der Waals surface area contributed by atoms with E-state index >= 15 is 0 Å². The van der Waals surface area contributed by atoms with Crippen LogP contribution < -0.4 is 4.74 Å². The molecule has 0 amide bonds. The van der Waals surface area contributed by atoms with E-state index in [4.69, 9.17) is 42.6 Å². The van der Waals surface area contributed by atoms with Crippen molar-refractivity contribution in [1.82, 2.24) is 0 Å². The average Bonchev–Trinajstić information content (AvgIpc) is 3.01. The molecule has 1 aromatic carbocycles. The second kappa shape index (κ2) is 28.4. The highest BCUT2D eigenvalue weighted by Gasteiger charge is 2.16. The van der Waals surface area contributed by atoms with Gasteiger partial charge in [0, 0.05) is 12.1 Å². The lowest BCUT2D eigenvalue weighted by Crippen LogP contribution is -2.20. The minimum Gasteiger partial charge on any atom is -0.491 e. The normalized spacial score (nSPS) is 11.9. The SMILES string of the molecule is CCCCC(CC)C(=O)OCCOCCOCCOCCOCCOCCOCCOCCOc1ccc([N+](=O)[O-])cc1. The molecule has 0 saturated carbocycles. The molecule has 0 fully saturated rings. The van der Waals surface area contributed by atoms with Crippen LogP contribution in [0.15, 0.2) is 24.3 Å². The number of esters is 1. The molecule has 0 radical (unpaired) electrons. The fraction of sp³-hybridized carbons (Fsp3) is 0.767. The van der Waals surface area contributed by atoms with E-state index in [0.29, 0.717) is 105 Å². The molecule has 0 spiro atoms. The molecule has 0 aliphatic rings. The number of hydrogen-bond donors (Lipinski definition) is 0. The van der Waals surface area contributed by atoms with E-state index in [1.165, 1.54) is 12.1 Å². The lowest BCUT2D eigenvalue weighted by Gasteiger charge is -2.13. The Hall–Kier alpha value is -2.39. The molecular formula is C30H51NO12. The van der Waals surface area contributed by atoms with E-state index in [2.05, 4.69) is 6.92 Å². The maximum Gasteiger partial charge on any atom is 0.308 e. The number of rotatable bonds is 31. The highest BCUT2D eigenvalue weighted by atomic mass is 16.6. The van der Waals surface area contributed by atoms with Gasteiger partial charge in [0.2, 0.25) is 0 Å². The van der Waals surface area contributed by atoms with Crippen molar-refractivity contribution in [2.24, 2.45) is 5.92 Å². The van der Waals surface area contributed by atoms with Crippen LogP contribution in [0.3, 0.4) is 0 Å². The molecule has 13 heteroatoms. The van der Waals surface area contributed by atoms with Crippen LogP contribution in [0.5, 0.6) is 5.75 Å². The Morgan fingerprint density at radius 2 is 1.05 bits per heavy atom. The minimum absolute atomic E-state index is 0.00947. The molecule has 248 valence electrons. The van der Waals surface area contributed by atoms with Gasteiger partial charge in [-0.25, -0.2) is 0 Å². The van der Waals surface area contributed by atoms with Crippen LogP contribution in [0.2, 0.25) is 0 Å². The lowest BCUT2D eigenvalue weighted by molar-refractivity contribution is -0.384. The van der Waals surface area contributed by atoms with E-state index < -0.39 is 4.92 Å². The summed E-state index contributed by atoms with van der Waals surface area (Å²) < 4.78 is 48.8. The average molecular weight is 618 g/mol. The second-order valence-electron chi connectivity index (χ2n) is 9.30. The van der Waals surface area contributed by atoms with Gasteiger partial charge >= 0.3 is 5.97 Å². The summed E-state index contributed by atoms with van der Waals surface area (Å²) in [5, 5.41) is 10.6. The van der Waals surface area contributed by atoms with Crippen LogP contribution >= 0.6 is 0 Å². The molecule has 0 N–H and O–H groups in total. The van der Waals surface area contributed by atoms with Crippen LogP contribution in [0.4, 0.5) is 5.69 Å². The van der Waals surface area contributed by atoms with Gasteiger partial charge in [-0.3, -0.25) is 14.9 Å². The number of carbonyl (C=O) groups is 1. The summed E-state index contributed by atoms with van der Waals surface area (Å²) in [6, 6.07) is 5.90. The summed E-state index contributed by atoms with van der Waals surface area (Å²) in [5.41, 5.74) is 0.0245. The summed E-state index contributed by atoms with van der Waals surface area (Å²) in [6.07, 6.45) is 3.81. The third kappa shape index (κ3) is 22.8. The topological polar surface area (TPSA) is 143 Å². The smallest absolute Gasteiger partial charge is 0.308 e. The van der Waals surface area contributed by atoms with Crippen molar-refractivity contribution in [3.63, 3.8) is 0 Å². The number of carbonyl (C=O) groups excluding carboxylic acids is 1. The van der Waals surface area contributed by atoms with Gasteiger partial charge in [0.1, 0.15) is 19.0 Å². The van der Waals surface area contributed by atoms with Gasteiger partial charge in [-0.15, -0.1) is 0 Å². The molecule has 0 aliphatic heterocycles. The monoisotopic (exact) mass is 617 g/mol. The number of ether oxygens (including phenoxy) is 9. The van der Waals surface area contributed by atoms with Gasteiger partial charge in [0.15, 0.2) is 0 Å². The van der Waals surface area contributed by atoms with Crippen molar-refractivity contribution in [3.05, 3.63) is 34.4 Å². The van der Waals surface area contributed by atoms with Crippen molar-refractivity contribution in [1.29, 1.82) is 0 Å². The summed E-state index contributed by atoms with van der Waals surface area (Å²) in [4.78, 5) is 22.2. The molecular weight excluding hydrogens is 566 g/mol. The molecule has 43 heavy (non-hydrogen) atoms. The van der Waals surface area contributed by atoms with E-state index in [1.807, 2.05) is 6.92 Å². The molecule has 0 aliphatic carbocycles. The molecule has 1 atom stereocenters. The van der Waals surface area contributed by atoms with Crippen molar-refractivity contribution in [2.75, 3.05) is 106 Å². The molecule has 13 nitrogen and oxygen atoms in total. The second-order valence-corrected chi connectivity index (χ2v) is 9.30. The molecule has 0 bridgehead atoms. The first-order chi connectivity index (χ1) is 21.1. The van der Waals surface area contributed by atoms with E-state index in [1.54, 1.807) is 12.1 Å². The molecule has 0 heterocycles. The number of benzene rings is 1. The van der Waals surface area contributed by atoms with E-state index in [0.717, 1.165) is 25.7 Å². The quantitative estimate of drug-likeness (QED) is 0.0517. The molecule has 1 unspecified atom stereocenters. The number of hydrogen-bond acceptors (Lipinski definition) is 12. The van der Waals surface area contributed by atoms with Crippen molar-refractivity contribution in [2.45, 2.75) is 39.5 Å². The predicted molar refractivity (Wildman–Crippen MR) is 159 cm³/mol. The molecule has 1 rings (SSSR count). The Morgan fingerprint density at radius 3 is 1.42 bits per heavy atom. The molecule has 0 saturated heterocycles. The number of nitro groups is 1. The Bertz CT molecular complexity index is 796. The third-order valence-electron chi connectivity index (χ3n) is 5.98. The Morgan fingerprint density at radius 1 is 0.651 bits per heavy atom. The van der Waals surface area contributed by atoms with Gasteiger partial charge in [-0.1, -0.05) is 26.7 Å². The van der Waals surface area contributed by atoms with Crippen molar-refractivity contribution in [3.8, 4) is 5.75 Å². The summed E-state index contributed by atoms with van der Waals surface area (Å²) >= 11 is 0. The van der Waals surface area contributed by atoms with E-state index in [-0.39, 0.29) is 24.2 Å². The zero-order chi connectivity index (χ0) is 31.2. The highest BCUT2D eigenvalue weighted by molar-refractivity contribution is 5.72. The summed E-state index contributed by atoms with van der Waals surface area (Å²) in [6.45, 7) is 11.0. The van der Waals surface area contributed by atoms with Gasteiger partial charge in [0.25, 0.3) is 5.69 Å². The maximum absolute atomic E-state index is 12.0. The zero-order valence-electron chi connectivity index (χ0n) is 25.9. The van der Waals surface area contributed by atoms with Crippen LogP contribution in [-0.2, 0) is 42.7 Å². The number of nitro benzene ring substituents is 1. The van der Waals surface area contributed by atoms with Gasteiger partial charge in [0.05, 0.1) is 103 Å². The fourth-order valence-corrected chi connectivity index (χ4v) is 3.56. The van der Waals surface area contributed by atoms with Crippen molar-refractivity contribution >= 4 is 11.7 Å². The number of non-ortho nitro benzene ring substituents is 1. The van der Waals surface area contributed by atoms with Crippen molar-refractivity contribution < 1.29 is 52.3 Å². The van der Waals surface area contributed by atoms with Gasteiger partial charge in [-0.05, 0) is 25.0 Å². The third-order valence-corrected chi connectivity index (χ3v) is 5.98. The zero-order valence-corrected chi connectivity index (χ0v) is 25.9. The minimum atomic E-state index is -0.453. The van der Waals surface area contributed by atoms with Gasteiger partial charge in [-0.2, -0.15) is 0 Å². The Kier molecular flexibility index (Phi) is 25.5. The lowest BCUT2D eigenvalue weighted by atomic mass is 10.00. The van der Waals surface area contributed by atoms with Crippen LogP contribution in [0.1, 0.15) is 39.5 Å². The Labute approximate surface area is 255 Å². The summed E-state index contributed by atoms with van der Waals surface area (Å²) in [5.74, 6) is 0.418. The standard InChI is InChI=1S/C30H51NO12/c1-3-5-6-27(4-2)30(32)43-26-24-41-22-20-39-18-16-37-14-12-35-11-13-36-15-17-38-19-21-40-23-25-42-29-9-7-28(8-10-29)31(33)34/h7-10,27H,3-6,11-26H2,1-2H3. The summed E-state index contributed by atoms with van der Waals surface area (Å²) in [7, 11) is 0. The number of nitrogens with zero attached hydrogens (tertiary/aromatic N) is 1. The van der Waals surface area contributed by atoms with E-state index in [9.17, 15) is 14.9 Å². The maximum atomic E-state index is 12.0. The number of unbranched alkanes of at least 4 members (excludes halogenated alkanes) is 1. The predicted octanol–water partition coefficient (Wildman–Crippen LogP) is 3.85. The van der Waals surface area contributed by atoms with Crippen LogP contribution in [0.25, 0.3) is 0 Å². The van der Waals surface area contributed by atoms with Crippen LogP contribution in [0, 0.1) is 16.0 Å². The fourth-order valence-electron chi connectivity index (χ4n) is 3.56. The van der Waals surface area contributed by atoms with Crippen LogP contribution in [-0.4, -0.2) is 117 Å².